The summed E-state index contributed by atoms with van der Waals surface area (Å²) in [5.74, 6) is 0.634. The van der Waals surface area contributed by atoms with Crippen LogP contribution in [0.4, 0.5) is 13.2 Å². The molecule has 2 heterocycles. The van der Waals surface area contributed by atoms with Crippen molar-refractivity contribution in [3.63, 3.8) is 0 Å². The molecule has 0 N–H and O–H groups in total. The Labute approximate surface area is 138 Å². The Hall–Kier alpha value is -1.93. The van der Waals surface area contributed by atoms with Crippen LogP contribution in [0.25, 0.3) is 10.6 Å². The van der Waals surface area contributed by atoms with Crippen LogP contribution >= 0.6 is 23.3 Å². The lowest BCUT2D eigenvalue weighted by atomic mass is 10.2. The molecule has 0 bridgehead atoms. The zero-order chi connectivity index (χ0) is 16.3. The number of aromatic nitrogens is 3. The maximum Gasteiger partial charge on any atom is 0.417 e. The van der Waals surface area contributed by atoms with Gasteiger partial charge in [0, 0.05) is 17.5 Å². The summed E-state index contributed by atoms with van der Waals surface area (Å²) in [5, 5.41) is 1.42. The average molecular weight is 353 g/mol. The molecule has 3 aromatic rings. The number of hydrogen-bond acceptors (Lipinski definition) is 5. The van der Waals surface area contributed by atoms with Gasteiger partial charge in [-0.15, -0.1) is 11.8 Å². The molecule has 0 amide bonds. The van der Waals surface area contributed by atoms with Crippen molar-refractivity contribution < 1.29 is 13.2 Å². The van der Waals surface area contributed by atoms with Crippen LogP contribution in [0, 0.1) is 0 Å². The van der Waals surface area contributed by atoms with E-state index < -0.39 is 11.7 Å². The summed E-state index contributed by atoms with van der Waals surface area (Å²) in [6, 6.07) is 10.3. The van der Waals surface area contributed by atoms with Gasteiger partial charge < -0.3 is 0 Å². The molecule has 3 rings (SSSR count). The molecule has 2 aromatic heterocycles. The van der Waals surface area contributed by atoms with E-state index >= 15 is 0 Å². The van der Waals surface area contributed by atoms with Gasteiger partial charge in [-0.3, -0.25) is 0 Å². The Kier molecular flexibility index (Phi) is 4.63. The highest BCUT2D eigenvalue weighted by Gasteiger charge is 2.30. The third-order valence-electron chi connectivity index (χ3n) is 3.01. The SMILES string of the molecule is FC(F)(F)c1ccc(SCc2ccc(-c3ncns3)cc2)nc1. The summed E-state index contributed by atoms with van der Waals surface area (Å²) in [6.45, 7) is 0. The third-order valence-corrected chi connectivity index (χ3v) is 4.74. The predicted octanol–water partition coefficient (Wildman–Crippen LogP) is 4.91. The molecule has 0 saturated carbocycles. The number of nitrogens with zero attached hydrogens (tertiary/aromatic N) is 3. The fourth-order valence-corrected chi connectivity index (χ4v) is 3.16. The van der Waals surface area contributed by atoms with Crippen molar-refractivity contribution in [3.05, 3.63) is 60.0 Å². The fourth-order valence-electron chi connectivity index (χ4n) is 1.83. The van der Waals surface area contributed by atoms with Crippen LogP contribution in [0.3, 0.4) is 0 Å². The highest BCUT2D eigenvalue weighted by molar-refractivity contribution is 7.98. The molecule has 23 heavy (non-hydrogen) atoms. The Morgan fingerprint density at radius 3 is 2.35 bits per heavy atom. The second-order valence-electron chi connectivity index (χ2n) is 4.61. The minimum absolute atomic E-state index is 0.561. The summed E-state index contributed by atoms with van der Waals surface area (Å²) in [4.78, 5) is 7.98. The number of alkyl halides is 3. The molecule has 0 saturated heterocycles. The number of benzene rings is 1. The topological polar surface area (TPSA) is 38.7 Å². The van der Waals surface area contributed by atoms with Crippen LogP contribution < -0.4 is 0 Å². The van der Waals surface area contributed by atoms with Gasteiger partial charge in [-0.05, 0) is 29.2 Å². The largest absolute Gasteiger partial charge is 0.417 e. The fraction of sp³-hybridized carbons (Fsp3) is 0.133. The van der Waals surface area contributed by atoms with E-state index in [0.29, 0.717) is 10.8 Å². The van der Waals surface area contributed by atoms with E-state index in [0.717, 1.165) is 28.4 Å². The minimum Gasteiger partial charge on any atom is -0.249 e. The molecule has 0 radical (unpaired) electrons. The molecule has 1 aromatic carbocycles. The number of thioether (sulfide) groups is 1. The van der Waals surface area contributed by atoms with Crippen LogP contribution in [-0.2, 0) is 11.9 Å². The summed E-state index contributed by atoms with van der Waals surface area (Å²) < 4.78 is 41.4. The van der Waals surface area contributed by atoms with E-state index in [1.54, 1.807) is 0 Å². The van der Waals surface area contributed by atoms with Gasteiger partial charge in [0.15, 0.2) is 0 Å². The quantitative estimate of drug-likeness (QED) is 0.625. The number of pyridine rings is 1. The molecule has 0 fully saturated rings. The van der Waals surface area contributed by atoms with E-state index in [-0.39, 0.29) is 0 Å². The van der Waals surface area contributed by atoms with Gasteiger partial charge in [0.1, 0.15) is 11.3 Å². The van der Waals surface area contributed by atoms with Crippen molar-refractivity contribution in [1.82, 2.24) is 14.3 Å². The lowest BCUT2D eigenvalue weighted by Crippen LogP contribution is -2.05. The van der Waals surface area contributed by atoms with E-state index in [1.807, 2.05) is 24.3 Å². The number of rotatable bonds is 4. The van der Waals surface area contributed by atoms with Gasteiger partial charge in [0.05, 0.1) is 10.6 Å². The van der Waals surface area contributed by atoms with Crippen LogP contribution in [0.1, 0.15) is 11.1 Å². The van der Waals surface area contributed by atoms with Crippen LogP contribution in [0.5, 0.6) is 0 Å². The van der Waals surface area contributed by atoms with Crippen molar-refractivity contribution in [2.24, 2.45) is 0 Å². The van der Waals surface area contributed by atoms with Gasteiger partial charge in [0.2, 0.25) is 0 Å². The second kappa shape index (κ2) is 6.67. The summed E-state index contributed by atoms with van der Waals surface area (Å²) in [5.41, 5.74) is 1.32. The van der Waals surface area contributed by atoms with Gasteiger partial charge in [-0.2, -0.15) is 17.5 Å². The normalized spacial score (nSPS) is 11.6. The van der Waals surface area contributed by atoms with E-state index in [1.165, 1.54) is 35.7 Å². The number of hydrogen-bond donors (Lipinski definition) is 0. The van der Waals surface area contributed by atoms with E-state index in [9.17, 15) is 13.2 Å². The molecular formula is C15H10F3N3S2. The van der Waals surface area contributed by atoms with Crippen LogP contribution in [-0.4, -0.2) is 14.3 Å². The first kappa shape index (κ1) is 15.9. The second-order valence-corrected chi connectivity index (χ2v) is 6.39. The van der Waals surface area contributed by atoms with Crippen molar-refractivity contribution >= 4 is 23.3 Å². The molecule has 0 aliphatic heterocycles. The van der Waals surface area contributed by atoms with Gasteiger partial charge in [0.25, 0.3) is 0 Å². The monoisotopic (exact) mass is 353 g/mol. The van der Waals surface area contributed by atoms with Crippen LogP contribution in [0.2, 0.25) is 0 Å². The zero-order valence-corrected chi connectivity index (χ0v) is 13.3. The minimum atomic E-state index is -4.35. The van der Waals surface area contributed by atoms with Crippen molar-refractivity contribution in [2.45, 2.75) is 17.0 Å². The standard InChI is InChI=1S/C15H10F3N3S2/c16-15(17,18)12-5-6-13(19-7-12)22-8-10-1-3-11(4-2-10)14-20-9-21-23-14/h1-7,9H,8H2. The highest BCUT2D eigenvalue weighted by atomic mass is 32.2. The maximum atomic E-state index is 12.5. The summed E-state index contributed by atoms with van der Waals surface area (Å²) >= 11 is 2.72. The third kappa shape index (κ3) is 4.08. The van der Waals surface area contributed by atoms with Crippen molar-refractivity contribution in [1.29, 1.82) is 0 Å². The van der Waals surface area contributed by atoms with Gasteiger partial charge in [-0.1, -0.05) is 24.3 Å². The van der Waals surface area contributed by atoms with E-state index in [2.05, 4.69) is 14.3 Å². The Morgan fingerprint density at radius 1 is 1.00 bits per heavy atom. The van der Waals surface area contributed by atoms with E-state index in [4.69, 9.17) is 0 Å². The zero-order valence-electron chi connectivity index (χ0n) is 11.6. The first-order valence-electron chi connectivity index (χ1n) is 6.54. The number of halogens is 3. The van der Waals surface area contributed by atoms with Crippen molar-refractivity contribution in [2.75, 3.05) is 0 Å². The molecule has 0 unspecified atom stereocenters. The average Bonchev–Trinajstić information content (AvgIpc) is 3.07. The first-order chi connectivity index (χ1) is 11.0. The van der Waals surface area contributed by atoms with Crippen molar-refractivity contribution in [3.8, 4) is 10.6 Å². The molecule has 118 valence electrons. The van der Waals surface area contributed by atoms with Gasteiger partial charge >= 0.3 is 6.18 Å². The molecule has 0 aliphatic rings. The highest BCUT2D eigenvalue weighted by Crippen LogP contribution is 2.30. The Bertz CT molecular complexity index is 754. The predicted molar refractivity (Wildman–Crippen MR) is 84.1 cm³/mol. The Balaban J connectivity index is 1.62. The molecular weight excluding hydrogens is 343 g/mol. The first-order valence-corrected chi connectivity index (χ1v) is 8.30. The summed E-state index contributed by atoms with van der Waals surface area (Å²) in [7, 11) is 0. The lowest BCUT2D eigenvalue weighted by molar-refractivity contribution is -0.137. The molecule has 0 aliphatic carbocycles. The molecule has 3 nitrogen and oxygen atoms in total. The van der Waals surface area contributed by atoms with Crippen LogP contribution in [0.15, 0.2) is 53.9 Å². The molecule has 0 atom stereocenters. The Morgan fingerprint density at radius 2 is 1.78 bits per heavy atom. The van der Waals surface area contributed by atoms with Gasteiger partial charge in [-0.25, -0.2) is 9.97 Å². The maximum absolute atomic E-state index is 12.5. The lowest BCUT2D eigenvalue weighted by Gasteiger charge is -2.07. The summed E-state index contributed by atoms with van der Waals surface area (Å²) in [6.07, 6.45) is -1.97. The smallest absolute Gasteiger partial charge is 0.249 e. The molecule has 0 spiro atoms. The molecule has 8 heteroatoms.